The SMILES string of the molecule is CCN(CC1CCN(C(=NC)NCCn2cc(C)cn2)CC1)C(=O)OC(C)(C)C.I. The Morgan fingerprint density at radius 1 is 1.37 bits per heavy atom. The minimum absolute atomic E-state index is 0. The third kappa shape index (κ3) is 8.69. The summed E-state index contributed by atoms with van der Waals surface area (Å²) in [6.45, 7) is 14.7. The molecular weight excluding hydrogens is 495 g/mol. The van der Waals surface area contributed by atoms with Crippen molar-refractivity contribution in [3.63, 3.8) is 0 Å². The highest BCUT2D eigenvalue weighted by molar-refractivity contribution is 14.0. The third-order valence-electron chi connectivity index (χ3n) is 5.02. The fourth-order valence-electron chi connectivity index (χ4n) is 3.50. The highest BCUT2D eigenvalue weighted by Gasteiger charge is 2.27. The monoisotopic (exact) mass is 534 g/mol. The van der Waals surface area contributed by atoms with Gasteiger partial charge in [-0.1, -0.05) is 0 Å². The molecule has 0 atom stereocenters. The van der Waals surface area contributed by atoms with E-state index in [1.807, 2.05) is 63.6 Å². The molecule has 0 spiro atoms. The van der Waals surface area contributed by atoms with Gasteiger partial charge in [-0.25, -0.2) is 4.79 Å². The standard InChI is InChI=1S/C21H38N6O2.HI/c1-7-25(20(28)29-21(3,4)5)16-18-8-11-26(12-9-18)19(22-6)23-10-13-27-15-17(2)14-24-27;/h14-15,18H,7-13,16H2,1-6H3,(H,22,23);1H. The van der Waals surface area contributed by atoms with Gasteiger partial charge in [-0.05, 0) is 58.9 Å². The van der Waals surface area contributed by atoms with Gasteiger partial charge in [0.15, 0.2) is 5.96 Å². The molecular formula is C21H39IN6O2. The number of amides is 1. The minimum Gasteiger partial charge on any atom is -0.444 e. The fraction of sp³-hybridized carbons (Fsp3) is 0.762. The topological polar surface area (TPSA) is 75.0 Å². The molecule has 0 bridgehead atoms. The summed E-state index contributed by atoms with van der Waals surface area (Å²) >= 11 is 0. The van der Waals surface area contributed by atoms with Crippen LogP contribution in [0.2, 0.25) is 0 Å². The Morgan fingerprint density at radius 3 is 2.53 bits per heavy atom. The van der Waals surface area contributed by atoms with Crippen LogP contribution >= 0.6 is 24.0 Å². The number of nitrogens with zero attached hydrogens (tertiary/aromatic N) is 5. The van der Waals surface area contributed by atoms with Crippen LogP contribution in [-0.2, 0) is 11.3 Å². The van der Waals surface area contributed by atoms with E-state index in [0.717, 1.165) is 51.5 Å². The van der Waals surface area contributed by atoms with E-state index >= 15 is 0 Å². The smallest absolute Gasteiger partial charge is 0.410 e. The molecule has 8 nitrogen and oxygen atoms in total. The van der Waals surface area contributed by atoms with Crippen molar-refractivity contribution >= 4 is 36.0 Å². The second-order valence-corrected chi connectivity index (χ2v) is 8.70. The summed E-state index contributed by atoms with van der Waals surface area (Å²) in [6, 6.07) is 0. The Kier molecular flexibility index (Phi) is 10.9. The van der Waals surface area contributed by atoms with Crippen molar-refractivity contribution in [2.24, 2.45) is 10.9 Å². The molecule has 1 N–H and O–H groups in total. The Morgan fingerprint density at radius 2 is 2.03 bits per heavy atom. The molecule has 0 radical (unpaired) electrons. The zero-order valence-electron chi connectivity index (χ0n) is 19.3. The first-order chi connectivity index (χ1) is 13.7. The molecule has 1 fully saturated rings. The first kappa shape index (κ1) is 26.5. The molecule has 0 aromatic carbocycles. The van der Waals surface area contributed by atoms with Gasteiger partial charge in [0.05, 0.1) is 12.7 Å². The van der Waals surface area contributed by atoms with Crippen LogP contribution in [-0.4, -0.2) is 77.0 Å². The summed E-state index contributed by atoms with van der Waals surface area (Å²) in [6.07, 6.45) is 5.78. The lowest BCUT2D eigenvalue weighted by molar-refractivity contribution is 0.0214. The number of nitrogens with one attached hydrogen (secondary N) is 1. The number of hydrogen-bond acceptors (Lipinski definition) is 4. The molecule has 30 heavy (non-hydrogen) atoms. The zero-order chi connectivity index (χ0) is 21.4. The maximum atomic E-state index is 12.4. The highest BCUT2D eigenvalue weighted by atomic mass is 127. The molecule has 2 rings (SSSR count). The van der Waals surface area contributed by atoms with E-state index in [1.165, 1.54) is 5.56 Å². The highest BCUT2D eigenvalue weighted by Crippen LogP contribution is 2.20. The van der Waals surface area contributed by atoms with Crippen LogP contribution in [0.15, 0.2) is 17.4 Å². The van der Waals surface area contributed by atoms with E-state index in [0.29, 0.717) is 12.5 Å². The van der Waals surface area contributed by atoms with E-state index < -0.39 is 5.60 Å². The van der Waals surface area contributed by atoms with Crippen LogP contribution in [0.4, 0.5) is 4.79 Å². The van der Waals surface area contributed by atoms with Crippen LogP contribution in [0.5, 0.6) is 0 Å². The van der Waals surface area contributed by atoms with Crippen LogP contribution in [0.3, 0.4) is 0 Å². The molecule has 1 saturated heterocycles. The fourth-order valence-corrected chi connectivity index (χ4v) is 3.50. The average Bonchev–Trinajstić information content (AvgIpc) is 3.07. The maximum absolute atomic E-state index is 12.4. The van der Waals surface area contributed by atoms with Gasteiger partial charge in [-0.3, -0.25) is 9.67 Å². The molecule has 1 aromatic rings. The van der Waals surface area contributed by atoms with Gasteiger partial charge < -0.3 is 19.9 Å². The molecule has 1 aromatic heterocycles. The lowest BCUT2D eigenvalue weighted by Crippen LogP contribution is -2.48. The third-order valence-corrected chi connectivity index (χ3v) is 5.02. The molecule has 1 aliphatic rings. The van der Waals surface area contributed by atoms with Crippen molar-refractivity contribution < 1.29 is 9.53 Å². The van der Waals surface area contributed by atoms with E-state index in [-0.39, 0.29) is 30.1 Å². The van der Waals surface area contributed by atoms with Crippen LogP contribution < -0.4 is 5.32 Å². The number of hydrogen-bond donors (Lipinski definition) is 1. The zero-order valence-corrected chi connectivity index (χ0v) is 21.7. The molecule has 0 saturated carbocycles. The van der Waals surface area contributed by atoms with Crippen LogP contribution in [0, 0.1) is 12.8 Å². The predicted octanol–water partition coefficient (Wildman–Crippen LogP) is 3.35. The lowest BCUT2D eigenvalue weighted by Gasteiger charge is -2.36. The molecule has 9 heteroatoms. The quantitative estimate of drug-likeness (QED) is 0.344. The molecule has 1 amide bonds. The Bertz CT molecular complexity index is 677. The summed E-state index contributed by atoms with van der Waals surface area (Å²) in [5.41, 5.74) is 0.713. The number of guanidine groups is 1. The number of rotatable bonds is 6. The number of aryl methyl sites for hydroxylation is 1. The molecule has 172 valence electrons. The lowest BCUT2D eigenvalue weighted by atomic mass is 9.96. The molecule has 2 heterocycles. The first-order valence-corrected chi connectivity index (χ1v) is 10.6. The van der Waals surface area contributed by atoms with Gasteiger partial charge in [-0.15, -0.1) is 24.0 Å². The van der Waals surface area contributed by atoms with Crippen LogP contribution in [0.1, 0.15) is 46.1 Å². The Balaban J connectivity index is 0.00000450. The van der Waals surface area contributed by atoms with E-state index in [4.69, 9.17) is 4.74 Å². The number of carbonyl (C=O) groups excluding carboxylic acids is 1. The van der Waals surface area contributed by atoms with Crippen molar-refractivity contribution in [1.29, 1.82) is 0 Å². The largest absolute Gasteiger partial charge is 0.444 e. The maximum Gasteiger partial charge on any atom is 0.410 e. The summed E-state index contributed by atoms with van der Waals surface area (Å²) in [5.74, 6) is 1.43. The van der Waals surface area contributed by atoms with Crippen LogP contribution in [0.25, 0.3) is 0 Å². The summed E-state index contributed by atoms with van der Waals surface area (Å²) in [5, 5.41) is 7.75. The van der Waals surface area contributed by atoms with Gasteiger partial charge in [0, 0.05) is 46.0 Å². The molecule has 1 aliphatic heterocycles. The van der Waals surface area contributed by atoms with E-state index in [9.17, 15) is 4.79 Å². The number of aliphatic imine (C=N–C) groups is 1. The number of piperidine rings is 1. The van der Waals surface area contributed by atoms with Gasteiger partial charge in [0.2, 0.25) is 0 Å². The second-order valence-electron chi connectivity index (χ2n) is 8.70. The number of ether oxygens (including phenoxy) is 1. The minimum atomic E-state index is -0.457. The number of likely N-dealkylation sites (tertiary alicyclic amines) is 1. The van der Waals surface area contributed by atoms with Gasteiger partial charge in [-0.2, -0.15) is 5.10 Å². The van der Waals surface area contributed by atoms with Gasteiger partial charge in [0.25, 0.3) is 0 Å². The average molecular weight is 534 g/mol. The summed E-state index contributed by atoms with van der Waals surface area (Å²) in [4.78, 5) is 20.9. The van der Waals surface area contributed by atoms with Crippen molar-refractivity contribution in [3.8, 4) is 0 Å². The summed E-state index contributed by atoms with van der Waals surface area (Å²) < 4.78 is 7.47. The number of halogens is 1. The van der Waals surface area contributed by atoms with Crippen molar-refractivity contribution in [2.75, 3.05) is 39.8 Å². The second kappa shape index (κ2) is 12.4. The number of carbonyl (C=O) groups is 1. The Labute approximate surface area is 198 Å². The predicted molar refractivity (Wildman–Crippen MR) is 132 cm³/mol. The molecule has 0 unspecified atom stereocenters. The molecule has 0 aliphatic carbocycles. The van der Waals surface area contributed by atoms with Gasteiger partial charge in [0.1, 0.15) is 5.60 Å². The van der Waals surface area contributed by atoms with Gasteiger partial charge >= 0.3 is 6.09 Å². The van der Waals surface area contributed by atoms with Crippen molar-refractivity contribution in [1.82, 2.24) is 24.9 Å². The Hall–Kier alpha value is -1.52. The van der Waals surface area contributed by atoms with Crippen molar-refractivity contribution in [2.45, 2.75) is 59.6 Å². The van der Waals surface area contributed by atoms with E-state index in [2.05, 4.69) is 20.3 Å². The first-order valence-electron chi connectivity index (χ1n) is 10.6. The van der Waals surface area contributed by atoms with Crippen molar-refractivity contribution in [3.05, 3.63) is 18.0 Å². The van der Waals surface area contributed by atoms with E-state index in [1.54, 1.807) is 0 Å². The number of aromatic nitrogens is 2. The summed E-state index contributed by atoms with van der Waals surface area (Å²) in [7, 11) is 1.83. The normalized spacial score (nSPS) is 15.5.